The van der Waals surface area contributed by atoms with Gasteiger partial charge in [-0.15, -0.1) is 0 Å². The minimum absolute atomic E-state index is 0.588. The van der Waals surface area contributed by atoms with Crippen molar-refractivity contribution in [3.63, 3.8) is 0 Å². The molecule has 0 N–H and O–H groups in total. The third kappa shape index (κ3) is 4.77. The maximum absolute atomic E-state index is 2.65. The normalized spacial score (nSPS) is 23.4. The third-order valence-corrected chi connectivity index (χ3v) is 4.50. The average Bonchev–Trinajstić information content (AvgIpc) is 2.36. The Morgan fingerprint density at radius 1 is 1.30 bits per heavy atom. The van der Waals surface area contributed by atoms with Gasteiger partial charge in [-0.2, -0.15) is 0 Å². The zero-order valence-electron chi connectivity index (χ0n) is 14.7. The number of allylic oxidation sites excluding steroid dienone is 1. The van der Waals surface area contributed by atoms with Crippen LogP contribution in [0.3, 0.4) is 0 Å². The maximum atomic E-state index is 2.65. The maximum Gasteiger partial charge on any atom is 0.0282 e. The first kappa shape index (κ1) is 17.5. The van der Waals surface area contributed by atoms with Crippen molar-refractivity contribution in [1.29, 1.82) is 0 Å². The van der Waals surface area contributed by atoms with Crippen LogP contribution in [0, 0.1) is 17.8 Å². The number of rotatable bonds is 6. The van der Waals surface area contributed by atoms with E-state index in [1.54, 1.807) is 11.1 Å². The monoisotopic (exact) mass is 277 g/mol. The van der Waals surface area contributed by atoms with Crippen LogP contribution in [0.5, 0.6) is 0 Å². The highest BCUT2D eigenvalue weighted by Crippen LogP contribution is 2.28. The Morgan fingerprint density at radius 3 is 2.40 bits per heavy atom. The molecule has 1 heteroatoms. The number of nitrogens with zero attached hydrogens (tertiary/aromatic N) is 1. The molecule has 0 aromatic rings. The second-order valence-electron chi connectivity index (χ2n) is 7.18. The lowest BCUT2D eigenvalue weighted by molar-refractivity contribution is 0.211. The van der Waals surface area contributed by atoms with Crippen LogP contribution in [0.15, 0.2) is 23.3 Å². The molecule has 1 heterocycles. The SMILES string of the molecule is CC/C=C(\CC(C)C)C(C)N1CC=C(C(C)C)C(C)C1. The van der Waals surface area contributed by atoms with Crippen LogP contribution in [0.25, 0.3) is 0 Å². The summed E-state index contributed by atoms with van der Waals surface area (Å²) in [6, 6.07) is 0.588. The number of hydrogen-bond acceptors (Lipinski definition) is 1. The Labute approximate surface area is 127 Å². The third-order valence-electron chi connectivity index (χ3n) is 4.50. The topological polar surface area (TPSA) is 3.24 Å². The largest absolute Gasteiger partial charge is 0.293 e. The zero-order chi connectivity index (χ0) is 15.3. The fourth-order valence-electron chi connectivity index (χ4n) is 3.47. The van der Waals surface area contributed by atoms with E-state index in [0.717, 1.165) is 18.9 Å². The Hall–Kier alpha value is -0.560. The Balaban J connectivity index is 2.77. The summed E-state index contributed by atoms with van der Waals surface area (Å²) in [5, 5.41) is 0. The van der Waals surface area contributed by atoms with E-state index >= 15 is 0 Å². The molecular weight excluding hydrogens is 242 g/mol. The lowest BCUT2D eigenvalue weighted by Crippen LogP contribution is -2.41. The molecule has 1 nitrogen and oxygen atoms in total. The molecule has 0 radical (unpaired) electrons. The first-order valence-corrected chi connectivity index (χ1v) is 8.49. The van der Waals surface area contributed by atoms with Crippen molar-refractivity contribution in [3.8, 4) is 0 Å². The van der Waals surface area contributed by atoms with E-state index in [9.17, 15) is 0 Å². The summed E-state index contributed by atoms with van der Waals surface area (Å²) in [4.78, 5) is 2.65. The van der Waals surface area contributed by atoms with Gasteiger partial charge in [0.05, 0.1) is 0 Å². The minimum Gasteiger partial charge on any atom is -0.293 e. The Bertz CT molecular complexity index is 349. The van der Waals surface area contributed by atoms with Crippen molar-refractivity contribution >= 4 is 0 Å². The molecule has 116 valence electrons. The van der Waals surface area contributed by atoms with Gasteiger partial charge in [-0.1, -0.05) is 64.8 Å². The molecule has 0 aromatic carbocycles. The molecule has 0 amide bonds. The predicted molar refractivity (Wildman–Crippen MR) is 90.9 cm³/mol. The molecule has 0 saturated heterocycles. The van der Waals surface area contributed by atoms with Gasteiger partial charge >= 0.3 is 0 Å². The number of hydrogen-bond donors (Lipinski definition) is 0. The van der Waals surface area contributed by atoms with Gasteiger partial charge in [0.2, 0.25) is 0 Å². The second-order valence-corrected chi connectivity index (χ2v) is 7.18. The van der Waals surface area contributed by atoms with Crippen molar-refractivity contribution in [2.75, 3.05) is 13.1 Å². The molecule has 0 fully saturated rings. The fourth-order valence-corrected chi connectivity index (χ4v) is 3.47. The van der Waals surface area contributed by atoms with Gasteiger partial charge in [-0.3, -0.25) is 4.90 Å². The van der Waals surface area contributed by atoms with E-state index in [1.165, 1.54) is 13.0 Å². The molecule has 0 spiro atoms. The van der Waals surface area contributed by atoms with Gasteiger partial charge in [0.15, 0.2) is 0 Å². The summed E-state index contributed by atoms with van der Waals surface area (Å²) in [5.74, 6) is 2.15. The second kappa shape index (κ2) is 8.02. The zero-order valence-corrected chi connectivity index (χ0v) is 14.7. The lowest BCUT2D eigenvalue weighted by Gasteiger charge is -2.38. The van der Waals surface area contributed by atoms with Gasteiger partial charge in [-0.25, -0.2) is 0 Å². The summed E-state index contributed by atoms with van der Waals surface area (Å²) in [7, 11) is 0. The fraction of sp³-hybridized carbons (Fsp3) is 0.789. The molecule has 1 aliphatic rings. The predicted octanol–water partition coefficient (Wildman–Crippen LogP) is 5.29. The van der Waals surface area contributed by atoms with Crippen LogP contribution in [0.1, 0.15) is 61.3 Å². The van der Waals surface area contributed by atoms with Crippen molar-refractivity contribution < 1.29 is 0 Å². The van der Waals surface area contributed by atoms with Crippen LogP contribution in [-0.4, -0.2) is 24.0 Å². The molecule has 1 rings (SSSR count). The van der Waals surface area contributed by atoms with Crippen LogP contribution >= 0.6 is 0 Å². The molecule has 1 aliphatic heterocycles. The summed E-state index contributed by atoms with van der Waals surface area (Å²) in [5.41, 5.74) is 3.29. The molecule has 0 aliphatic carbocycles. The van der Waals surface area contributed by atoms with Gasteiger partial charge in [0.1, 0.15) is 0 Å². The van der Waals surface area contributed by atoms with Gasteiger partial charge in [-0.05, 0) is 37.5 Å². The highest BCUT2D eigenvalue weighted by molar-refractivity contribution is 5.17. The summed E-state index contributed by atoms with van der Waals surface area (Å²) in [6.45, 7) is 18.7. The van der Waals surface area contributed by atoms with E-state index in [2.05, 4.69) is 65.5 Å². The van der Waals surface area contributed by atoms with E-state index in [0.29, 0.717) is 17.9 Å². The first-order valence-electron chi connectivity index (χ1n) is 8.49. The van der Waals surface area contributed by atoms with Crippen LogP contribution in [0.2, 0.25) is 0 Å². The van der Waals surface area contributed by atoms with E-state index in [1.807, 2.05) is 0 Å². The van der Waals surface area contributed by atoms with Crippen molar-refractivity contribution in [2.24, 2.45) is 17.8 Å². The van der Waals surface area contributed by atoms with E-state index < -0.39 is 0 Å². The van der Waals surface area contributed by atoms with Gasteiger partial charge < -0.3 is 0 Å². The van der Waals surface area contributed by atoms with Crippen molar-refractivity contribution in [1.82, 2.24) is 4.90 Å². The highest BCUT2D eigenvalue weighted by Gasteiger charge is 2.25. The van der Waals surface area contributed by atoms with Crippen LogP contribution in [-0.2, 0) is 0 Å². The first-order chi connectivity index (χ1) is 9.36. The molecule has 0 saturated carbocycles. The lowest BCUT2D eigenvalue weighted by atomic mass is 9.86. The van der Waals surface area contributed by atoms with Gasteiger partial charge in [0, 0.05) is 19.1 Å². The Morgan fingerprint density at radius 2 is 1.95 bits per heavy atom. The average molecular weight is 277 g/mol. The van der Waals surface area contributed by atoms with E-state index in [-0.39, 0.29) is 0 Å². The minimum atomic E-state index is 0.588. The molecular formula is C19H35N. The van der Waals surface area contributed by atoms with Crippen molar-refractivity contribution in [2.45, 2.75) is 67.3 Å². The van der Waals surface area contributed by atoms with Crippen molar-refractivity contribution in [3.05, 3.63) is 23.3 Å². The van der Waals surface area contributed by atoms with Gasteiger partial charge in [0.25, 0.3) is 0 Å². The van der Waals surface area contributed by atoms with Crippen LogP contribution in [0.4, 0.5) is 0 Å². The highest BCUT2D eigenvalue weighted by atomic mass is 15.2. The molecule has 0 aromatic heterocycles. The summed E-state index contributed by atoms with van der Waals surface area (Å²) >= 11 is 0. The molecule has 20 heavy (non-hydrogen) atoms. The standard InChI is InChI=1S/C19H35N/c1-8-9-18(12-14(2)3)17(7)20-11-10-19(15(4)5)16(6)13-20/h9-10,14-17H,8,11-13H2,1-7H3/b18-9+. The smallest absolute Gasteiger partial charge is 0.0282 e. The summed E-state index contributed by atoms with van der Waals surface area (Å²) < 4.78 is 0. The molecule has 2 unspecified atom stereocenters. The van der Waals surface area contributed by atoms with E-state index in [4.69, 9.17) is 0 Å². The molecule has 0 bridgehead atoms. The Kier molecular flexibility index (Phi) is 7.02. The molecule has 2 atom stereocenters. The summed E-state index contributed by atoms with van der Waals surface area (Å²) in [6.07, 6.45) is 7.33. The van der Waals surface area contributed by atoms with Crippen LogP contribution < -0.4 is 0 Å². The quantitative estimate of drug-likeness (QED) is 0.596.